The van der Waals surface area contributed by atoms with Crippen molar-refractivity contribution < 1.29 is 14.3 Å². The molecule has 0 N–H and O–H groups in total. The van der Waals surface area contributed by atoms with Gasteiger partial charge in [-0.25, -0.2) is 9.78 Å². The monoisotopic (exact) mass is 433 g/mol. The van der Waals surface area contributed by atoms with Gasteiger partial charge in [0.1, 0.15) is 5.82 Å². The number of hydrogen-bond donors (Lipinski definition) is 0. The number of aryl methyl sites for hydroxylation is 1. The predicted octanol–water partition coefficient (Wildman–Crippen LogP) is 3.33. The van der Waals surface area contributed by atoms with Crippen molar-refractivity contribution in [2.45, 2.75) is 45.2 Å². The summed E-state index contributed by atoms with van der Waals surface area (Å²) < 4.78 is 7.00. The van der Waals surface area contributed by atoms with Gasteiger partial charge in [0.25, 0.3) is 11.5 Å². The van der Waals surface area contributed by atoms with Gasteiger partial charge in [0.05, 0.1) is 16.5 Å². The van der Waals surface area contributed by atoms with Gasteiger partial charge < -0.3 is 9.64 Å². The molecule has 0 bridgehead atoms. The number of fused-ring (bicyclic) bond motifs is 2. The third kappa shape index (κ3) is 4.88. The van der Waals surface area contributed by atoms with Crippen LogP contribution < -0.4 is 5.56 Å². The summed E-state index contributed by atoms with van der Waals surface area (Å²) in [6.07, 6.45) is 4.97. The largest absolute Gasteiger partial charge is 0.452 e. The Morgan fingerprint density at radius 3 is 2.66 bits per heavy atom. The van der Waals surface area contributed by atoms with Crippen LogP contribution in [0.1, 0.15) is 47.4 Å². The highest BCUT2D eigenvalue weighted by Crippen LogP contribution is 2.17. The van der Waals surface area contributed by atoms with Crippen LogP contribution in [0.2, 0.25) is 0 Å². The van der Waals surface area contributed by atoms with Gasteiger partial charge in [-0.05, 0) is 36.6 Å². The van der Waals surface area contributed by atoms with E-state index >= 15 is 0 Å². The number of nitrogens with zero attached hydrogens (tertiary/aromatic N) is 3. The highest BCUT2D eigenvalue weighted by molar-refractivity contribution is 5.95. The summed E-state index contributed by atoms with van der Waals surface area (Å²) >= 11 is 0. The van der Waals surface area contributed by atoms with Crippen LogP contribution in [-0.4, -0.2) is 40.0 Å². The van der Waals surface area contributed by atoms with Crippen LogP contribution in [0.3, 0.4) is 0 Å². The molecule has 0 saturated heterocycles. The molecule has 0 atom stereocenters. The van der Waals surface area contributed by atoms with Crippen LogP contribution in [0.15, 0.2) is 53.3 Å². The quantitative estimate of drug-likeness (QED) is 0.577. The Balaban J connectivity index is 1.46. The Morgan fingerprint density at radius 1 is 1.06 bits per heavy atom. The van der Waals surface area contributed by atoms with E-state index in [9.17, 15) is 14.4 Å². The van der Waals surface area contributed by atoms with Crippen LogP contribution >= 0.6 is 0 Å². The number of hydrogen-bond acceptors (Lipinski definition) is 5. The van der Waals surface area contributed by atoms with Gasteiger partial charge in [-0.1, -0.05) is 43.2 Å². The zero-order valence-corrected chi connectivity index (χ0v) is 18.3. The predicted molar refractivity (Wildman–Crippen MR) is 121 cm³/mol. The smallest absolute Gasteiger partial charge is 0.338 e. The zero-order chi connectivity index (χ0) is 22.5. The fraction of sp³-hybridized carbons (Fsp3) is 0.360. The molecule has 0 unspecified atom stereocenters. The van der Waals surface area contributed by atoms with Gasteiger partial charge in [0, 0.05) is 26.6 Å². The molecular formula is C25H27N3O4. The minimum Gasteiger partial charge on any atom is -0.452 e. The summed E-state index contributed by atoms with van der Waals surface area (Å²) in [7, 11) is 1.67. The third-order valence-corrected chi connectivity index (χ3v) is 5.82. The van der Waals surface area contributed by atoms with Crippen molar-refractivity contribution in [3.63, 3.8) is 0 Å². The number of carbonyl (C=O) groups excluding carboxylic acids is 2. The maximum absolute atomic E-state index is 12.9. The number of aromatic nitrogens is 2. The second kappa shape index (κ2) is 9.77. The molecule has 0 saturated carbocycles. The second-order valence-electron chi connectivity index (χ2n) is 8.19. The number of ether oxygens (including phenoxy) is 1. The van der Waals surface area contributed by atoms with Crippen molar-refractivity contribution in [1.82, 2.24) is 14.5 Å². The Morgan fingerprint density at radius 2 is 1.84 bits per heavy atom. The summed E-state index contributed by atoms with van der Waals surface area (Å²) in [6, 6.07) is 14.4. The van der Waals surface area contributed by atoms with Crippen molar-refractivity contribution in [1.29, 1.82) is 0 Å². The van der Waals surface area contributed by atoms with Crippen molar-refractivity contribution in [2.24, 2.45) is 0 Å². The zero-order valence-electron chi connectivity index (χ0n) is 18.3. The molecule has 1 aliphatic heterocycles. The highest BCUT2D eigenvalue weighted by atomic mass is 16.5. The van der Waals surface area contributed by atoms with Gasteiger partial charge in [-0.2, -0.15) is 0 Å². The van der Waals surface area contributed by atoms with E-state index in [1.165, 1.54) is 4.90 Å². The number of carbonyl (C=O) groups is 2. The van der Waals surface area contributed by atoms with Crippen molar-refractivity contribution in [2.75, 3.05) is 13.7 Å². The van der Waals surface area contributed by atoms with Gasteiger partial charge in [-0.3, -0.25) is 14.2 Å². The fourth-order valence-corrected chi connectivity index (χ4v) is 3.99. The normalized spacial score (nSPS) is 13.7. The van der Waals surface area contributed by atoms with Crippen LogP contribution in [0.25, 0.3) is 10.9 Å². The summed E-state index contributed by atoms with van der Waals surface area (Å²) in [5.41, 5.74) is 1.70. The van der Waals surface area contributed by atoms with Gasteiger partial charge in [0.15, 0.2) is 6.61 Å². The first-order chi connectivity index (χ1) is 15.5. The van der Waals surface area contributed by atoms with E-state index in [0.717, 1.165) is 43.5 Å². The Labute approximate surface area is 186 Å². The third-order valence-electron chi connectivity index (χ3n) is 5.82. The van der Waals surface area contributed by atoms with Crippen LogP contribution in [0, 0.1) is 0 Å². The van der Waals surface area contributed by atoms with Crippen LogP contribution in [-0.2, 0) is 29.0 Å². The SMILES string of the molecule is CN(Cc1ccccc1)C(=O)COC(=O)c1ccc2c(=O)n3c(nc2c1)CCCCCC3. The molecule has 0 radical (unpaired) electrons. The van der Waals surface area contributed by atoms with E-state index < -0.39 is 5.97 Å². The Bertz CT molecular complexity index is 1190. The molecule has 1 aliphatic rings. The van der Waals surface area contributed by atoms with Crippen molar-refractivity contribution in [3.8, 4) is 0 Å². The summed E-state index contributed by atoms with van der Waals surface area (Å²) in [5.74, 6) is -0.131. The molecule has 3 aromatic rings. The second-order valence-corrected chi connectivity index (χ2v) is 8.19. The van der Waals surface area contributed by atoms with E-state index in [2.05, 4.69) is 4.98 Å². The Hall–Kier alpha value is -3.48. The number of likely N-dealkylation sites (N-methyl/N-ethyl adjacent to an activating group) is 1. The van der Waals surface area contributed by atoms with Crippen molar-refractivity contribution >= 4 is 22.8 Å². The van der Waals surface area contributed by atoms with Gasteiger partial charge in [-0.15, -0.1) is 0 Å². The lowest BCUT2D eigenvalue weighted by Gasteiger charge is -2.17. The summed E-state index contributed by atoms with van der Waals surface area (Å²) in [6.45, 7) is 0.770. The van der Waals surface area contributed by atoms with Crippen molar-refractivity contribution in [3.05, 3.63) is 75.8 Å². The first-order valence-electron chi connectivity index (χ1n) is 11.0. The minimum absolute atomic E-state index is 0.0652. The number of rotatable bonds is 5. The molecule has 1 amide bonds. The maximum Gasteiger partial charge on any atom is 0.338 e. The molecule has 7 nitrogen and oxygen atoms in total. The molecule has 7 heteroatoms. The molecule has 1 aromatic heterocycles. The molecule has 2 aromatic carbocycles. The minimum atomic E-state index is -0.609. The molecular weight excluding hydrogens is 406 g/mol. The number of benzene rings is 2. The van der Waals surface area contributed by atoms with Crippen LogP contribution in [0.4, 0.5) is 0 Å². The topological polar surface area (TPSA) is 81.5 Å². The maximum atomic E-state index is 12.9. The van der Waals surface area contributed by atoms with E-state index in [1.54, 1.807) is 29.8 Å². The average molecular weight is 434 g/mol. The molecule has 2 heterocycles. The van der Waals surface area contributed by atoms with E-state index in [4.69, 9.17) is 4.74 Å². The lowest BCUT2D eigenvalue weighted by atomic mass is 10.1. The number of esters is 1. The van der Waals surface area contributed by atoms with Gasteiger partial charge in [0.2, 0.25) is 0 Å². The van der Waals surface area contributed by atoms with E-state index in [1.807, 2.05) is 30.3 Å². The number of amides is 1. The van der Waals surface area contributed by atoms with E-state index in [0.29, 0.717) is 24.0 Å². The standard InChI is InChI=1S/C25H27N3O4/c1-27(16-18-9-5-4-6-10-18)23(29)17-32-25(31)19-12-13-20-21(15-19)26-22-11-7-2-3-8-14-28(22)24(20)30/h4-6,9-10,12-13,15H,2-3,7-8,11,14,16-17H2,1H3. The molecule has 0 spiro atoms. The molecule has 32 heavy (non-hydrogen) atoms. The molecule has 0 aliphatic carbocycles. The molecule has 4 rings (SSSR count). The summed E-state index contributed by atoms with van der Waals surface area (Å²) in [4.78, 5) is 44.0. The van der Waals surface area contributed by atoms with E-state index in [-0.39, 0.29) is 23.6 Å². The lowest BCUT2D eigenvalue weighted by Crippen LogP contribution is -2.30. The Kier molecular flexibility index (Phi) is 6.63. The summed E-state index contributed by atoms with van der Waals surface area (Å²) in [5, 5.41) is 0.490. The fourth-order valence-electron chi connectivity index (χ4n) is 3.99. The molecule has 0 fully saturated rings. The van der Waals surface area contributed by atoms with Crippen LogP contribution in [0.5, 0.6) is 0 Å². The van der Waals surface area contributed by atoms with Gasteiger partial charge >= 0.3 is 5.97 Å². The average Bonchev–Trinajstić information content (AvgIpc) is 2.79. The first-order valence-corrected chi connectivity index (χ1v) is 11.0. The highest BCUT2D eigenvalue weighted by Gasteiger charge is 2.17. The molecule has 166 valence electrons. The lowest BCUT2D eigenvalue weighted by molar-refractivity contribution is -0.133. The first kappa shape index (κ1) is 21.7.